The summed E-state index contributed by atoms with van der Waals surface area (Å²) in [5.74, 6) is -0.0866. The zero-order chi connectivity index (χ0) is 18.0. The number of likely N-dealkylation sites (tertiary alicyclic amines) is 1. The quantitative estimate of drug-likeness (QED) is 0.890. The largest absolute Gasteiger partial charge is 0.487 e. The number of nitrogens with one attached hydrogen (secondary N) is 1. The van der Waals surface area contributed by atoms with Crippen LogP contribution in [0.4, 0.5) is 10.5 Å². The van der Waals surface area contributed by atoms with Crippen molar-refractivity contribution in [2.45, 2.75) is 20.0 Å². The molecule has 0 spiro atoms. The lowest BCUT2D eigenvalue weighted by Crippen LogP contribution is -2.57. The lowest BCUT2D eigenvalue weighted by Gasteiger charge is -2.38. The molecule has 2 aromatic rings. The van der Waals surface area contributed by atoms with Gasteiger partial charge in [-0.2, -0.15) is 0 Å². The number of hydrogen-bond donors (Lipinski definition) is 2. The van der Waals surface area contributed by atoms with E-state index >= 15 is 0 Å². The zero-order valence-corrected chi connectivity index (χ0v) is 14.2. The number of carbonyl (C=O) groups excluding carboxylic acids is 2. The number of anilines is 1. The van der Waals surface area contributed by atoms with Gasteiger partial charge in [-0.1, -0.05) is 6.07 Å². The highest BCUT2D eigenvalue weighted by molar-refractivity contribution is 5.91. The molecule has 0 unspecified atom stereocenters. The van der Waals surface area contributed by atoms with Crippen molar-refractivity contribution in [1.82, 2.24) is 9.88 Å². The summed E-state index contributed by atoms with van der Waals surface area (Å²) in [4.78, 5) is 28.9. The first-order valence-corrected chi connectivity index (χ1v) is 7.98. The molecule has 1 fully saturated rings. The molecule has 2 heterocycles. The average Bonchev–Trinajstić information content (AvgIpc) is 2.54. The molecular formula is C18H20N4O3. The fraction of sp³-hybridized carbons (Fsp3) is 0.278. The maximum atomic E-state index is 12.2. The van der Waals surface area contributed by atoms with E-state index in [0.29, 0.717) is 18.8 Å². The summed E-state index contributed by atoms with van der Waals surface area (Å²) >= 11 is 0. The van der Waals surface area contributed by atoms with Crippen LogP contribution in [0.15, 0.2) is 36.5 Å². The maximum absolute atomic E-state index is 12.2. The van der Waals surface area contributed by atoms with E-state index < -0.39 is 5.91 Å². The second kappa shape index (κ2) is 6.80. The lowest BCUT2D eigenvalue weighted by atomic mass is 10.1. The van der Waals surface area contributed by atoms with Crippen LogP contribution in [0, 0.1) is 13.8 Å². The summed E-state index contributed by atoms with van der Waals surface area (Å²) in [6.07, 6.45) is 1.35. The van der Waals surface area contributed by atoms with Gasteiger partial charge in [0.05, 0.1) is 13.1 Å². The van der Waals surface area contributed by atoms with Gasteiger partial charge in [-0.3, -0.25) is 9.78 Å². The van der Waals surface area contributed by atoms with Crippen LogP contribution in [0.25, 0.3) is 0 Å². The van der Waals surface area contributed by atoms with Crippen LogP contribution in [0.3, 0.4) is 0 Å². The number of nitrogens with two attached hydrogens (primary N) is 1. The highest BCUT2D eigenvalue weighted by atomic mass is 16.5. The highest BCUT2D eigenvalue weighted by Crippen LogP contribution is 2.20. The Morgan fingerprint density at radius 1 is 1.20 bits per heavy atom. The molecule has 1 aromatic carbocycles. The van der Waals surface area contributed by atoms with E-state index in [9.17, 15) is 9.59 Å². The summed E-state index contributed by atoms with van der Waals surface area (Å²) in [7, 11) is 0. The third kappa shape index (κ3) is 3.88. The molecule has 0 bridgehead atoms. The minimum absolute atomic E-state index is 0.117. The summed E-state index contributed by atoms with van der Waals surface area (Å²) in [6, 6.07) is 8.81. The van der Waals surface area contributed by atoms with E-state index in [1.165, 1.54) is 17.8 Å². The van der Waals surface area contributed by atoms with Gasteiger partial charge in [0, 0.05) is 18.0 Å². The van der Waals surface area contributed by atoms with Gasteiger partial charge in [-0.15, -0.1) is 0 Å². The van der Waals surface area contributed by atoms with E-state index in [0.717, 1.165) is 11.3 Å². The predicted octanol–water partition coefficient (Wildman–Crippen LogP) is 2.09. The van der Waals surface area contributed by atoms with Gasteiger partial charge in [-0.05, 0) is 43.2 Å². The van der Waals surface area contributed by atoms with Crippen LogP contribution in [0.1, 0.15) is 21.6 Å². The minimum Gasteiger partial charge on any atom is -0.487 e. The lowest BCUT2D eigenvalue weighted by molar-refractivity contribution is 0.0491. The van der Waals surface area contributed by atoms with Crippen LogP contribution in [-0.4, -0.2) is 41.0 Å². The van der Waals surface area contributed by atoms with Gasteiger partial charge >= 0.3 is 6.03 Å². The number of aromatic nitrogens is 1. The van der Waals surface area contributed by atoms with Crippen LogP contribution >= 0.6 is 0 Å². The molecule has 130 valence electrons. The van der Waals surface area contributed by atoms with Crippen molar-refractivity contribution in [3.8, 4) is 5.75 Å². The number of pyridine rings is 1. The summed E-state index contributed by atoms with van der Waals surface area (Å²) in [6.45, 7) is 4.99. The Bertz CT molecular complexity index is 816. The molecule has 7 nitrogen and oxygen atoms in total. The number of urea groups is 1. The Balaban J connectivity index is 1.52. The number of benzene rings is 1. The molecule has 1 aliphatic heterocycles. The Morgan fingerprint density at radius 2 is 1.96 bits per heavy atom. The summed E-state index contributed by atoms with van der Waals surface area (Å²) < 4.78 is 5.74. The molecule has 3 amide bonds. The first kappa shape index (κ1) is 16.8. The van der Waals surface area contributed by atoms with Gasteiger partial charge in [0.1, 0.15) is 17.5 Å². The van der Waals surface area contributed by atoms with Crippen molar-refractivity contribution in [2.24, 2.45) is 5.73 Å². The molecule has 7 heteroatoms. The van der Waals surface area contributed by atoms with Gasteiger partial charge in [0.25, 0.3) is 5.91 Å². The Hall–Kier alpha value is -3.09. The second-order valence-corrected chi connectivity index (χ2v) is 6.12. The van der Waals surface area contributed by atoms with Crippen molar-refractivity contribution in [2.75, 3.05) is 18.4 Å². The molecule has 3 N–H and O–H groups in total. The number of primary amides is 1. The SMILES string of the molecule is Cc1ccc(NC(=O)N2CC(Oc3ccnc(C(N)=O)c3)C2)cc1C. The Kier molecular flexibility index (Phi) is 4.56. The monoisotopic (exact) mass is 340 g/mol. The van der Waals surface area contributed by atoms with Gasteiger partial charge < -0.3 is 20.7 Å². The molecule has 25 heavy (non-hydrogen) atoms. The molecule has 0 aliphatic carbocycles. The standard InChI is InChI=1S/C18H20N4O3/c1-11-3-4-13(7-12(11)2)21-18(24)22-9-15(10-22)25-14-5-6-20-16(8-14)17(19)23/h3-8,15H,9-10H2,1-2H3,(H2,19,23)(H,21,24). The maximum Gasteiger partial charge on any atom is 0.322 e. The van der Waals surface area contributed by atoms with Crippen LogP contribution in [0.2, 0.25) is 0 Å². The number of amides is 3. The van der Waals surface area contributed by atoms with Crippen molar-refractivity contribution in [1.29, 1.82) is 0 Å². The first-order chi connectivity index (χ1) is 11.9. The molecular weight excluding hydrogens is 320 g/mol. The minimum atomic E-state index is -0.603. The van der Waals surface area contributed by atoms with Crippen LogP contribution in [-0.2, 0) is 0 Å². The molecule has 0 atom stereocenters. The van der Waals surface area contributed by atoms with E-state index in [1.807, 2.05) is 32.0 Å². The van der Waals surface area contributed by atoms with E-state index in [-0.39, 0.29) is 17.8 Å². The van der Waals surface area contributed by atoms with Crippen molar-refractivity contribution in [3.05, 3.63) is 53.3 Å². The second-order valence-electron chi connectivity index (χ2n) is 6.12. The van der Waals surface area contributed by atoms with Crippen LogP contribution < -0.4 is 15.8 Å². The van der Waals surface area contributed by atoms with Gasteiger partial charge in [0.15, 0.2) is 0 Å². The number of hydrogen-bond acceptors (Lipinski definition) is 4. The summed E-state index contributed by atoms with van der Waals surface area (Å²) in [5.41, 5.74) is 8.44. The van der Waals surface area contributed by atoms with Gasteiger partial charge in [-0.25, -0.2) is 4.79 Å². The van der Waals surface area contributed by atoms with E-state index in [2.05, 4.69) is 10.3 Å². The molecule has 1 saturated heterocycles. The van der Waals surface area contributed by atoms with E-state index in [1.54, 1.807) is 11.0 Å². The number of rotatable bonds is 4. The topological polar surface area (TPSA) is 97.6 Å². The molecule has 1 aliphatic rings. The predicted molar refractivity (Wildman–Crippen MR) is 93.7 cm³/mol. The van der Waals surface area contributed by atoms with Crippen molar-refractivity contribution in [3.63, 3.8) is 0 Å². The first-order valence-electron chi connectivity index (χ1n) is 7.98. The fourth-order valence-corrected chi connectivity index (χ4v) is 2.51. The fourth-order valence-electron chi connectivity index (χ4n) is 2.51. The molecule has 3 rings (SSSR count). The third-order valence-corrected chi connectivity index (χ3v) is 4.18. The number of nitrogens with zero attached hydrogens (tertiary/aromatic N) is 2. The number of ether oxygens (including phenoxy) is 1. The van der Waals surface area contributed by atoms with Crippen molar-refractivity contribution < 1.29 is 14.3 Å². The third-order valence-electron chi connectivity index (χ3n) is 4.18. The van der Waals surface area contributed by atoms with Crippen LogP contribution in [0.5, 0.6) is 5.75 Å². The zero-order valence-electron chi connectivity index (χ0n) is 14.2. The van der Waals surface area contributed by atoms with Crippen molar-refractivity contribution >= 4 is 17.6 Å². The molecule has 0 saturated carbocycles. The highest BCUT2D eigenvalue weighted by Gasteiger charge is 2.32. The molecule has 0 radical (unpaired) electrons. The molecule has 1 aromatic heterocycles. The average molecular weight is 340 g/mol. The smallest absolute Gasteiger partial charge is 0.322 e. The van der Waals surface area contributed by atoms with Gasteiger partial charge in [0.2, 0.25) is 0 Å². The van der Waals surface area contributed by atoms with E-state index in [4.69, 9.17) is 10.5 Å². The Labute approximate surface area is 145 Å². The Morgan fingerprint density at radius 3 is 2.64 bits per heavy atom. The number of carbonyl (C=O) groups is 2. The number of aryl methyl sites for hydroxylation is 2. The normalized spacial score (nSPS) is 13.9. The summed E-state index contributed by atoms with van der Waals surface area (Å²) in [5, 5.41) is 2.88.